The van der Waals surface area contributed by atoms with E-state index in [0.717, 1.165) is 17.1 Å². The van der Waals surface area contributed by atoms with E-state index < -0.39 is 0 Å². The van der Waals surface area contributed by atoms with Gasteiger partial charge in [0, 0.05) is 27.6 Å². The zero-order chi connectivity index (χ0) is 48.6. The lowest BCUT2D eigenvalue weighted by molar-refractivity contribution is 0.598. The lowest BCUT2D eigenvalue weighted by Crippen LogP contribution is -2.38. The summed E-state index contributed by atoms with van der Waals surface area (Å²) in [5.74, 6) is 0. The third kappa shape index (κ3) is 7.09. The molecule has 2 aliphatic rings. The van der Waals surface area contributed by atoms with Gasteiger partial charge in [-0.3, -0.25) is 0 Å². The van der Waals surface area contributed by atoms with E-state index in [1.807, 2.05) is 0 Å². The average Bonchev–Trinajstić information content (AvgIpc) is 3.44. The van der Waals surface area contributed by atoms with Crippen LogP contribution in [0.4, 0.5) is 34.1 Å². The van der Waals surface area contributed by atoms with Gasteiger partial charge in [-0.15, -0.1) is 0 Å². The van der Waals surface area contributed by atoms with Crippen molar-refractivity contribution in [3.05, 3.63) is 277 Å². The molecule has 2 heteroatoms. The van der Waals surface area contributed by atoms with E-state index in [-0.39, 0.29) is 10.8 Å². The van der Waals surface area contributed by atoms with Crippen molar-refractivity contribution in [1.82, 2.24) is 0 Å². The molecule has 344 valence electrons. The minimum atomic E-state index is -0.321. The van der Waals surface area contributed by atoms with Gasteiger partial charge >= 0.3 is 0 Å². The Morgan fingerprint density at radius 3 is 1.07 bits per heavy atom. The molecule has 2 heterocycles. The Morgan fingerprint density at radius 1 is 0.292 bits per heavy atom. The molecular weight excluding hydrogens is 869 g/mol. The van der Waals surface area contributed by atoms with Crippen molar-refractivity contribution in [2.75, 3.05) is 9.80 Å². The lowest BCUT2D eigenvalue weighted by atomic mass is 9.65. The predicted molar refractivity (Wildman–Crippen MR) is 305 cm³/mol. The molecule has 72 heavy (non-hydrogen) atoms. The molecule has 11 aromatic rings. The Bertz CT molecular complexity index is 3610. The summed E-state index contributed by atoms with van der Waals surface area (Å²) in [7, 11) is 0. The first-order chi connectivity index (χ1) is 35.2. The van der Waals surface area contributed by atoms with E-state index in [0.29, 0.717) is 0 Å². The molecule has 0 amide bonds. The van der Waals surface area contributed by atoms with Crippen molar-refractivity contribution in [1.29, 1.82) is 0 Å². The predicted octanol–water partition coefficient (Wildman–Crippen LogP) is 19.4. The first-order valence-corrected chi connectivity index (χ1v) is 25.2. The third-order valence-corrected chi connectivity index (χ3v) is 15.6. The molecule has 0 aliphatic carbocycles. The van der Waals surface area contributed by atoms with E-state index in [1.165, 1.54) is 106 Å². The lowest BCUT2D eigenvalue weighted by Gasteiger charge is -2.50. The minimum Gasteiger partial charge on any atom is -0.310 e. The monoisotopic (exact) mass is 922 g/mol. The van der Waals surface area contributed by atoms with Crippen molar-refractivity contribution in [2.45, 2.75) is 38.5 Å². The number of benzene rings is 11. The molecule has 0 spiro atoms. The van der Waals surface area contributed by atoms with Crippen molar-refractivity contribution in [3.63, 3.8) is 0 Å². The molecule has 2 aliphatic heterocycles. The zero-order valence-corrected chi connectivity index (χ0v) is 41.1. The molecule has 2 nitrogen and oxygen atoms in total. The topological polar surface area (TPSA) is 6.48 Å². The number of hydrogen-bond acceptors (Lipinski definition) is 2. The van der Waals surface area contributed by atoms with Gasteiger partial charge in [0.15, 0.2) is 0 Å². The third-order valence-electron chi connectivity index (χ3n) is 15.6. The van der Waals surface area contributed by atoms with Crippen LogP contribution >= 0.6 is 0 Å². The van der Waals surface area contributed by atoms with Crippen LogP contribution in [0.3, 0.4) is 0 Å². The van der Waals surface area contributed by atoms with E-state index in [4.69, 9.17) is 0 Å². The highest BCUT2D eigenvalue weighted by Crippen LogP contribution is 2.62. The second kappa shape index (κ2) is 17.0. The molecule has 0 aromatic heterocycles. The first-order valence-electron chi connectivity index (χ1n) is 25.2. The van der Waals surface area contributed by atoms with E-state index in [1.54, 1.807) is 0 Å². The molecule has 0 fully saturated rings. The fourth-order valence-electron chi connectivity index (χ4n) is 11.8. The first kappa shape index (κ1) is 43.3. The number of fused-ring (bicyclic) bond motifs is 5. The van der Waals surface area contributed by atoms with Crippen LogP contribution in [0.2, 0.25) is 0 Å². The Kier molecular flexibility index (Phi) is 10.2. The van der Waals surface area contributed by atoms with Crippen molar-refractivity contribution in [2.24, 2.45) is 0 Å². The van der Waals surface area contributed by atoms with Crippen LogP contribution in [0, 0.1) is 0 Å². The molecule has 0 N–H and O–H groups in total. The second-order valence-corrected chi connectivity index (χ2v) is 20.5. The molecular formula is C70H54N2. The van der Waals surface area contributed by atoms with E-state index >= 15 is 0 Å². The van der Waals surface area contributed by atoms with Crippen molar-refractivity contribution >= 4 is 44.9 Å². The van der Waals surface area contributed by atoms with Crippen LogP contribution in [0.5, 0.6) is 0 Å². The summed E-state index contributed by atoms with van der Waals surface area (Å²) in [5.41, 5.74) is 24.0. The normalized spacial score (nSPS) is 13.8. The van der Waals surface area contributed by atoms with Crippen LogP contribution in [0.15, 0.2) is 255 Å². The van der Waals surface area contributed by atoms with E-state index in [2.05, 4.69) is 292 Å². The summed E-state index contributed by atoms with van der Waals surface area (Å²) in [4.78, 5) is 5.02. The van der Waals surface area contributed by atoms with Gasteiger partial charge in [-0.25, -0.2) is 0 Å². The number of nitrogens with zero attached hydrogens (tertiary/aromatic N) is 2. The van der Waals surface area contributed by atoms with Gasteiger partial charge in [0.25, 0.3) is 0 Å². The maximum atomic E-state index is 2.59. The van der Waals surface area contributed by atoms with Gasteiger partial charge in [0.05, 0.1) is 22.7 Å². The standard InChI is InChI=1S/C70H54N2/c1-69(2)61-43-53(49-23-13-7-14-24-49)33-40-66(61)72-67-41-34-54(50-25-15-8-16-26-50)44-62(67)70(3,4)64-46-55(45-63(69)68(64)72)58-39-42-65(60-28-18-17-27-59(58)60)71(56-35-29-51(30-36-56)47-19-9-5-10-20-47)57-37-31-52(32-38-57)48-21-11-6-12-22-48/h5-46H,1-4H3. The largest absolute Gasteiger partial charge is 0.310 e. The molecule has 11 aromatic carbocycles. The Morgan fingerprint density at radius 2 is 0.639 bits per heavy atom. The Labute approximate surface area is 423 Å². The SMILES string of the molecule is CC1(C)c2cc(-c3ccccc3)ccc2N2c3ccc(-c4ccccc4)cc3C(C)(C)c3cc(-c4ccc(N(c5ccc(-c6ccccc6)cc5)c5ccc(-c6ccccc6)cc5)c5ccccc45)cc1c32. The van der Waals surface area contributed by atoms with Gasteiger partial charge in [0.1, 0.15) is 0 Å². The van der Waals surface area contributed by atoms with Gasteiger partial charge in [-0.05, 0) is 150 Å². The van der Waals surface area contributed by atoms with Crippen LogP contribution in [0.25, 0.3) is 66.4 Å². The maximum absolute atomic E-state index is 2.59. The fourth-order valence-corrected chi connectivity index (χ4v) is 11.8. The van der Waals surface area contributed by atoms with Gasteiger partial charge in [-0.2, -0.15) is 0 Å². The number of hydrogen-bond donors (Lipinski definition) is 0. The maximum Gasteiger partial charge on any atom is 0.0544 e. The van der Waals surface area contributed by atoms with Crippen LogP contribution in [0.1, 0.15) is 49.9 Å². The summed E-state index contributed by atoms with van der Waals surface area (Å²) in [6, 6.07) is 94.0. The molecule has 13 rings (SSSR count). The highest BCUT2D eigenvalue weighted by molar-refractivity contribution is 6.07. The second-order valence-electron chi connectivity index (χ2n) is 20.5. The van der Waals surface area contributed by atoms with Crippen LogP contribution in [-0.2, 0) is 10.8 Å². The Balaban J connectivity index is 1.01. The summed E-state index contributed by atoms with van der Waals surface area (Å²) in [6.45, 7) is 9.74. The molecule has 0 unspecified atom stereocenters. The zero-order valence-electron chi connectivity index (χ0n) is 41.1. The van der Waals surface area contributed by atoms with Gasteiger partial charge < -0.3 is 9.80 Å². The van der Waals surface area contributed by atoms with Crippen LogP contribution < -0.4 is 9.80 Å². The fraction of sp³-hybridized carbons (Fsp3) is 0.0857. The quantitative estimate of drug-likeness (QED) is 0.150. The minimum absolute atomic E-state index is 0.321. The molecule has 0 bridgehead atoms. The van der Waals surface area contributed by atoms with Gasteiger partial charge in [0.2, 0.25) is 0 Å². The number of rotatable bonds is 8. The highest BCUT2D eigenvalue weighted by atomic mass is 15.2. The molecule has 0 saturated heterocycles. The van der Waals surface area contributed by atoms with E-state index in [9.17, 15) is 0 Å². The summed E-state index contributed by atoms with van der Waals surface area (Å²) >= 11 is 0. The van der Waals surface area contributed by atoms with Gasteiger partial charge in [-0.1, -0.05) is 216 Å². The molecule has 0 radical (unpaired) electrons. The molecule has 0 saturated carbocycles. The molecule has 0 atom stereocenters. The van der Waals surface area contributed by atoms with Crippen molar-refractivity contribution in [3.8, 4) is 55.6 Å². The summed E-state index contributed by atoms with van der Waals surface area (Å²) < 4.78 is 0. The number of anilines is 6. The summed E-state index contributed by atoms with van der Waals surface area (Å²) in [5, 5.41) is 2.41. The average molecular weight is 923 g/mol. The van der Waals surface area contributed by atoms with Crippen LogP contribution in [-0.4, -0.2) is 0 Å². The smallest absolute Gasteiger partial charge is 0.0544 e. The van der Waals surface area contributed by atoms with Crippen molar-refractivity contribution < 1.29 is 0 Å². The Hall–Kier alpha value is -8.72. The summed E-state index contributed by atoms with van der Waals surface area (Å²) in [6.07, 6.45) is 0. The highest BCUT2D eigenvalue weighted by Gasteiger charge is 2.46.